The van der Waals surface area contributed by atoms with Gasteiger partial charge < -0.3 is 14.2 Å². The van der Waals surface area contributed by atoms with Crippen LogP contribution < -0.4 is 0 Å². The fraction of sp³-hybridized carbons (Fsp3) is 0.851. The Morgan fingerprint density at radius 3 is 1.13 bits per heavy atom. The van der Waals surface area contributed by atoms with Crippen LogP contribution in [0, 0.1) is 0 Å². The van der Waals surface area contributed by atoms with Crippen LogP contribution in [0.5, 0.6) is 0 Å². The van der Waals surface area contributed by atoms with Gasteiger partial charge in [0, 0.05) is 19.3 Å². The van der Waals surface area contributed by atoms with Crippen LogP contribution in [0.4, 0.5) is 0 Å². The summed E-state index contributed by atoms with van der Waals surface area (Å²) in [5, 5.41) is 0. The van der Waals surface area contributed by atoms with Crippen LogP contribution in [0.25, 0.3) is 0 Å². The molecule has 0 spiro atoms. The van der Waals surface area contributed by atoms with E-state index < -0.39 is 6.10 Å². The van der Waals surface area contributed by atoms with E-state index in [2.05, 4.69) is 45.1 Å². The predicted octanol–water partition coefficient (Wildman–Crippen LogP) is 14.4. The molecule has 0 aliphatic carbocycles. The van der Waals surface area contributed by atoms with Crippen LogP contribution in [-0.2, 0) is 28.6 Å². The second kappa shape index (κ2) is 42.6. The molecule has 1 unspecified atom stereocenters. The van der Waals surface area contributed by atoms with Gasteiger partial charge in [-0.3, -0.25) is 14.4 Å². The molecule has 0 heterocycles. The Morgan fingerprint density at radius 1 is 0.396 bits per heavy atom. The van der Waals surface area contributed by atoms with E-state index in [1.54, 1.807) is 0 Å². The van der Waals surface area contributed by atoms with Crippen molar-refractivity contribution in [2.75, 3.05) is 13.2 Å². The Kier molecular flexibility index (Phi) is 40.9. The van der Waals surface area contributed by atoms with E-state index in [0.29, 0.717) is 19.3 Å². The molecule has 0 saturated carbocycles. The molecular weight excluding hydrogens is 661 g/mol. The summed E-state index contributed by atoms with van der Waals surface area (Å²) in [5.41, 5.74) is 0. The number of hydrogen-bond donors (Lipinski definition) is 0. The number of allylic oxidation sites excluding steroid dienone is 4. The minimum atomic E-state index is -0.775. The highest BCUT2D eigenvalue weighted by Gasteiger charge is 2.19. The monoisotopic (exact) mass is 747 g/mol. The van der Waals surface area contributed by atoms with Crippen molar-refractivity contribution >= 4 is 17.9 Å². The summed E-state index contributed by atoms with van der Waals surface area (Å²) in [4.78, 5) is 37.6. The first-order chi connectivity index (χ1) is 26.0. The van der Waals surface area contributed by atoms with Gasteiger partial charge in [0.25, 0.3) is 0 Å². The van der Waals surface area contributed by atoms with Crippen molar-refractivity contribution in [3.63, 3.8) is 0 Å². The van der Waals surface area contributed by atoms with Gasteiger partial charge in [0.05, 0.1) is 0 Å². The lowest BCUT2D eigenvalue weighted by Gasteiger charge is -2.18. The number of hydrogen-bond acceptors (Lipinski definition) is 6. The van der Waals surface area contributed by atoms with Crippen molar-refractivity contribution in [3.8, 4) is 0 Å². The number of esters is 3. The maximum absolute atomic E-state index is 12.7. The molecule has 0 rings (SSSR count). The Bertz CT molecular complexity index is 865. The quantitative estimate of drug-likeness (QED) is 0.0268. The highest BCUT2D eigenvalue weighted by Crippen LogP contribution is 2.15. The molecule has 0 radical (unpaired) electrons. The lowest BCUT2D eigenvalue weighted by Crippen LogP contribution is -2.30. The standard InChI is InChI=1S/C47H86O6/c1-4-7-10-13-16-19-21-23-24-26-28-31-34-37-40-46(49)52-43-44(42-51-45(48)39-36-33-30-27-18-15-12-9-6-3)53-47(50)41-38-35-32-29-25-22-20-17-14-11-8-5-2/h9,12,18,27,44H,4-8,10-11,13-17,19-26,28-43H2,1-3H3/b12-9-,27-18-. The fourth-order valence-electron chi connectivity index (χ4n) is 6.54. The number of ether oxygens (including phenoxy) is 3. The second-order valence-corrected chi connectivity index (χ2v) is 15.3. The van der Waals surface area contributed by atoms with E-state index in [1.807, 2.05) is 0 Å². The fourth-order valence-corrected chi connectivity index (χ4v) is 6.54. The van der Waals surface area contributed by atoms with Crippen LogP contribution in [-0.4, -0.2) is 37.2 Å². The highest BCUT2D eigenvalue weighted by molar-refractivity contribution is 5.71. The van der Waals surface area contributed by atoms with E-state index in [-0.39, 0.29) is 31.1 Å². The third-order valence-corrected chi connectivity index (χ3v) is 9.97. The van der Waals surface area contributed by atoms with Crippen molar-refractivity contribution < 1.29 is 28.6 Å². The summed E-state index contributed by atoms with van der Waals surface area (Å²) in [6, 6.07) is 0. The molecule has 6 nitrogen and oxygen atoms in total. The zero-order chi connectivity index (χ0) is 38.7. The molecule has 0 aromatic carbocycles. The first-order valence-corrected chi connectivity index (χ1v) is 22.8. The summed E-state index contributed by atoms with van der Waals surface area (Å²) in [7, 11) is 0. The van der Waals surface area contributed by atoms with E-state index >= 15 is 0 Å². The summed E-state index contributed by atoms with van der Waals surface area (Å²) >= 11 is 0. The van der Waals surface area contributed by atoms with E-state index in [0.717, 1.165) is 70.6 Å². The normalized spacial score (nSPS) is 12.1. The third-order valence-electron chi connectivity index (χ3n) is 9.97. The minimum Gasteiger partial charge on any atom is -0.462 e. The molecule has 6 heteroatoms. The molecule has 0 aromatic heterocycles. The van der Waals surface area contributed by atoms with Crippen molar-refractivity contribution in [2.45, 2.75) is 245 Å². The van der Waals surface area contributed by atoms with Crippen molar-refractivity contribution in [1.82, 2.24) is 0 Å². The lowest BCUT2D eigenvalue weighted by atomic mass is 10.0. The second-order valence-electron chi connectivity index (χ2n) is 15.3. The molecular formula is C47H86O6. The average molecular weight is 747 g/mol. The van der Waals surface area contributed by atoms with Crippen molar-refractivity contribution in [1.29, 1.82) is 0 Å². The van der Waals surface area contributed by atoms with E-state index in [9.17, 15) is 14.4 Å². The number of carbonyl (C=O) groups is 3. The molecule has 0 amide bonds. The maximum atomic E-state index is 12.7. The Balaban J connectivity index is 4.33. The van der Waals surface area contributed by atoms with Crippen LogP contribution in [0.15, 0.2) is 24.3 Å². The molecule has 0 aromatic rings. The van der Waals surface area contributed by atoms with Crippen LogP contribution in [0.2, 0.25) is 0 Å². The molecule has 0 fully saturated rings. The topological polar surface area (TPSA) is 78.9 Å². The van der Waals surface area contributed by atoms with Crippen molar-refractivity contribution in [2.24, 2.45) is 0 Å². The lowest BCUT2D eigenvalue weighted by molar-refractivity contribution is -0.167. The smallest absolute Gasteiger partial charge is 0.306 e. The molecule has 0 bridgehead atoms. The molecule has 0 aliphatic heterocycles. The average Bonchev–Trinajstić information content (AvgIpc) is 3.15. The van der Waals surface area contributed by atoms with Gasteiger partial charge in [-0.15, -0.1) is 0 Å². The van der Waals surface area contributed by atoms with Crippen molar-refractivity contribution in [3.05, 3.63) is 24.3 Å². The first kappa shape index (κ1) is 50.9. The summed E-state index contributed by atoms with van der Waals surface area (Å²) in [6.07, 6.45) is 46.0. The zero-order valence-electron chi connectivity index (χ0n) is 35.3. The zero-order valence-corrected chi connectivity index (χ0v) is 35.3. The Morgan fingerprint density at radius 2 is 0.736 bits per heavy atom. The van der Waals surface area contributed by atoms with Crippen LogP contribution >= 0.6 is 0 Å². The minimum absolute atomic E-state index is 0.0772. The summed E-state index contributed by atoms with van der Waals surface area (Å²) in [5.74, 6) is -0.909. The van der Waals surface area contributed by atoms with Crippen LogP contribution in [0.3, 0.4) is 0 Å². The van der Waals surface area contributed by atoms with E-state index in [4.69, 9.17) is 14.2 Å². The maximum Gasteiger partial charge on any atom is 0.306 e. The SMILES string of the molecule is CC/C=C\C/C=C\CCCCC(=O)OCC(COC(=O)CCCCCCCCCCCCCCCC)OC(=O)CCCCCCCCCCCCCC. The summed E-state index contributed by atoms with van der Waals surface area (Å²) in [6.45, 7) is 6.49. The Hall–Kier alpha value is -2.11. The van der Waals surface area contributed by atoms with Gasteiger partial charge in [-0.25, -0.2) is 0 Å². The largest absolute Gasteiger partial charge is 0.462 e. The molecule has 0 N–H and O–H groups in total. The molecule has 0 saturated heterocycles. The summed E-state index contributed by atoms with van der Waals surface area (Å²) < 4.78 is 16.7. The van der Waals surface area contributed by atoms with Gasteiger partial charge in [-0.05, 0) is 44.9 Å². The third kappa shape index (κ3) is 40.9. The number of carbonyl (C=O) groups excluding carboxylic acids is 3. The van der Waals surface area contributed by atoms with Gasteiger partial charge in [-0.1, -0.05) is 199 Å². The van der Waals surface area contributed by atoms with Gasteiger partial charge in [-0.2, -0.15) is 0 Å². The van der Waals surface area contributed by atoms with Gasteiger partial charge in [0.15, 0.2) is 6.10 Å². The Labute approximate surface area is 328 Å². The van der Waals surface area contributed by atoms with Gasteiger partial charge in [0.1, 0.15) is 13.2 Å². The van der Waals surface area contributed by atoms with Gasteiger partial charge in [0.2, 0.25) is 0 Å². The number of unbranched alkanes of at least 4 members (excludes halogenated alkanes) is 26. The molecule has 53 heavy (non-hydrogen) atoms. The predicted molar refractivity (Wildman–Crippen MR) is 224 cm³/mol. The first-order valence-electron chi connectivity index (χ1n) is 22.8. The van der Waals surface area contributed by atoms with Gasteiger partial charge >= 0.3 is 17.9 Å². The molecule has 0 aliphatic rings. The van der Waals surface area contributed by atoms with Crippen LogP contribution in [0.1, 0.15) is 239 Å². The number of rotatable bonds is 41. The highest BCUT2D eigenvalue weighted by atomic mass is 16.6. The molecule has 1 atom stereocenters. The van der Waals surface area contributed by atoms with E-state index in [1.165, 1.54) is 128 Å². The molecule has 310 valence electrons.